The molecule has 0 spiro atoms. The maximum atomic E-state index is 14.4. The molecule has 0 aliphatic rings. The van der Waals surface area contributed by atoms with Crippen LogP contribution >= 0.6 is 23.4 Å². The number of nitrogens with zero attached hydrogens (tertiary/aromatic N) is 3. The lowest BCUT2D eigenvalue weighted by molar-refractivity contribution is -0.141. The summed E-state index contributed by atoms with van der Waals surface area (Å²) in [6.07, 6.45) is 0. The number of hydrogen-bond donors (Lipinski definition) is 0. The highest BCUT2D eigenvalue weighted by molar-refractivity contribution is 7.99. The fraction of sp³-hybridized carbons (Fsp3) is 0.125. The minimum absolute atomic E-state index is 0.00827. The van der Waals surface area contributed by atoms with Crippen LogP contribution in [0.4, 0.5) is 4.39 Å². The van der Waals surface area contributed by atoms with Gasteiger partial charge in [-0.15, -0.1) is 10.2 Å². The van der Waals surface area contributed by atoms with E-state index in [9.17, 15) is 9.18 Å². The smallest absolute Gasteiger partial charge is 0.316 e. The molecule has 3 aromatic carbocycles. The van der Waals surface area contributed by atoms with Crippen molar-refractivity contribution >= 4 is 29.3 Å². The van der Waals surface area contributed by atoms with E-state index in [1.54, 1.807) is 41.0 Å². The molecule has 0 amide bonds. The lowest BCUT2D eigenvalue weighted by atomic mass is 10.2. The Hall–Kier alpha value is -3.36. The number of benzene rings is 3. The van der Waals surface area contributed by atoms with Crippen LogP contribution in [0.2, 0.25) is 5.02 Å². The van der Waals surface area contributed by atoms with Gasteiger partial charge in [-0.25, -0.2) is 4.39 Å². The highest BCUT2D eigenvalue weighted by atomic mass is 35.5. The minimum atomic E-state index is -0.433. The summed E-state index contributed by atoms with van der Waals surface area (Å²) >= 11 is 7.19. The molecule has 0 N–H and O–H groups in total. The van der Waals surface area contributed by atoms with E-state index in [1.807, 2.05) is 36.4 Å². The van der Waals surface area contributed by atoms with E-state index < -0.39 is 11.8 Å². The summed E-state index contributed by atoms with van der Waals surface area (Å²) in [7, 11) is 0. The van der Waals surface area contributed by atoms with E-state index in [-0.39, 0.29) is 19.0 Å². The summed E-state index contributed by atoms with van der Waals surface area (Å²) in [4.78, 5) is 12.2. The van der Waals surface area contributed by atoms with Crippen LogP contribution in [-0.4, -0.2) is 39.7 Å². The standard InChI is InChI=1S/C24H19ClFN3O3S/c25-19-11-5-7-13-21(19)31-14-15-32-22(30)16-33-24-28-27-23(18-10-4-6-12-20(18)26)29(24)17-8-2-1-3-9-17/h1-13H,14-16H2. The van der Waals surface area contributed by atoms with Crippen LogP contribution in [0, 0.1) is 5.82 Å². The van der Waals surface area contributed by atoms with E-state index in [4.69, 9.17) is 21.1 Å². The van der Waals surface area contributed by atoms with Crippen molar-refractivity contribution in [3.05, 3.63) is 89.7 Å². The normalized spacial score (nSPS) is 10.7. The van der Waals surface area contributed by atoms with Gasteiger partial charge in [0, 0.05) is 5.69 Å². The number of thioether (sulfide) groups is 1. The maximum absolute atomic E-state index is 14.4. The number of halogens is 2. The van der Waals surface area contributed by atoms with Crippen molar-refractivity contribution in [2.75, 3.05) is 19.0 Å². The Kier molecular flexibility index (Phi) is 7.59. The van der Waals surface area contributed by atoms with Crippen molar-refractivity contribution < 1.29 is 18.7 Å². The first kappa shape index (κ1) is 22.8. The molecule has 4 aromatic rings. The molecular formula is C24H19ClFN3O3S. The molecule has 33 heavy (non-hydrogen) atoms. The van der Waals surface area contributed by atoms with Crippen molar-refractivity contribution in [2.24, 2.45) is 0 Å². The van der Waals surface area contributed by atoms with E-state index in [1.165, 1.54) is 6.07 Å². The van der Waals surface area contributed by atoms with Gasteiger partial charge in [0.15, 0.2) is 11.0 Å². The van der Waals surface area contributed by atoms with Gasteiger partial charge in [0.2, 0.25) is 0 Å². The number of aromatic nitrogens is 3. The molecule has 0 bridgehead atoms. The third-order valence-electron chi connectivity index (χ3n) is 4.52. The van der Waals surface area contributed by atoms with Gasteiger partial charge >= 0.3 is 5.97 Å². The number of esters is 1. The topological polar surface area (TPSA) is 66.2 Å². The van der Waals surface area contributed by atoms with Crippen LogP contribution in [0.5, 0.6) is 5.75 Å². The average molecular weight is 484 g/mol. The quantitative estimate of drug-likeness (QED) is 0.179. The monoisotopic (exact) mass is 483 g/mol. The van der Waals surface area contributed by atoms with Gasteiger partial charge in [-0.1, -0.05) is 65.8 Å². The van der Waals surface area contributed by atoms with Crippen LogP contribution in [0.1, 0.15) is 0 Å². The lowest BCUT2D eigenvalue weighted by Crippen LogP contribution is -2.14. The zero-order valence-electron chi connectivity index (χ0n) is 17.4. The Morgan fingerprint density at radius 1 is 0.939 bits per heavy atom. The average Bonchev–Trinajstić information content (AvgIpc) is 3.26. The lowest BCUT2D eigenvalue weighted by Gasteiger charge is -2.11. The molecule has 1 aromatic heterocycles. The summed E-state index contributed by atoms with van der Waals surface area (Å²) in [6, 6.07) is 22.8. The Balaban J connectivity index is 1.41. The molecule has 1 heterocycles. The second-order valence-corrected chi connectivity index (χ2v) is 8.09. The fourth-order valence-corrected chi connectivity index (χ4v) is 3.96. The SMILES string of the molecule is O=C(CSc1nnc(-c2ccccc2F)n1-c1ccccc1)OCCOc1ccccc1Cl. The van der Waals surface area contributed by atoms with Gasteiger partial charge < -0.3 is 9.47 Å². The van der Waals surface area contributed by atoms with Gasteiger partial charge in [-0.3, -0.25) is 9.36 Å². The van der Waals surface area contributed by atoms with Crippen molar-refractivity contribution in [2.45, 2.75) is 5.16 Å². The second-order valence-electron chi connectivity index (χ2n) is 6.75. The first-order valence-corrected chi connectivity index (χ1v) is 11.4. The summed E-state index contributed by atoms with van der Waals surface area (Å²) in [5.74, 6) is 0.0489. The largest absolute Gasteiger partial charge is 0.488 e. The molecule has 9 heteroatoms. The molecule has 0 saturated heterocycles. The zero-order chi connectivity index (χ0) is 23.0. The van der Waals surface area contributed by atoms with Gasteiger partial charge in [0.1, 0.15) is 24.8 Å². The summed E-state index contributed by atoms with van der Waals surface area (Å²) in [5.41, 5.74) is 1.07. The summed E-state index contributed by atoms with van der Waals surface area (Å²) < 4.78 is 26.9. The molecule has 168 valence electrons. The van der Waals surface area contributed by atoms with Crippen molar-refractivity contribution in [3.63, 3.8) is 0 Å². The number of para-hydroxylation sites is 2. The fourth-order valence-electron chi connectivity index (χ4n) is 3.02. The molecule has 0 radical (unpaired) electrons. The van der Waals surface area contributed by atoms with Crippen molar-refractivity contribution in [3.8, 4) is 22.8 Å². The third kappa shape index (κ3) is 5.71. The molecule has 0 unspecified atom stereocenters. The Bertz CT molecular complexity index is 1240. The molecule has 4 rings (SSSR count). The van der Waals surface area contributed by atoms with Crippen LogP contribution in [0.15, 0.2) is 84.0 Å². The summed E-state index contributed by atoms with van der Waals surface area (Å²) in [6.45, 7) is 0.258. The Labute approximate surface area is 199 Å². The van der Waals surface area contributed by atoms with Crippen LogP contribution < -0.4 is 4.74 Å². The Morgan fingerprint density at radius 3 is 2.45 bits per heavy atom. The first-order chi connectivity index (χ1) is 16.1. The molecule has 0 atom stereocenters. The third-order valence-corrected chi connectivity index (χ3v) is 5.74. The van der Waals surface area contributed by atoms with Crippen LogP contribution in [-0.2, 0) is 9.53 Å². The predicted molar refractivity (Wildman–Crippen MR) is 125 cm³/mol. The number of carbonyl (C=O) groups excluding carboxylic acids is 1. The van der Waals surface area contributed by atoms with Crippen LogP contribution in [0.25, 0.3) is 17.1 Å². The van der Waals surface area contributed by atoms with Gasteiger partial charge in [-0.05, 0) is 36.4 Å². The molecule has 6 nitrogen and oxygen atoms in total. The summed E-state index contributed by atoms with van der Waals surface area (Å²) in [5, 5.41) is 9.32. The number of carbonyl (C=O) groups is 1. The predicted octanol–water partition coefficient (Wildman–Crippen LogP) is 5.44. The Morgan fingerprint density at radius 2 is 1.67 bits per heavy atom. The van der Waals surface area contributed by atoms with E-state index in [0.717, 1.165) is 17.4 Å². The highest BCUT2D eigenvalue weighted by Gasteiger charge is 2.19. The van der Waals surface area contributed by atoms with E-state index in [0.29, 0.717) is 27.3 Å². The van der Waals surface area contributed by atoms with Crippen molar-refractivity contribution in [1.82, 2.24) is 14.8 Å². The van der Waals surface area contributed by atoms with E-state index >= 15 is 0 Å². The number of hydrogen-bond acceptors (Lipinski definition) is 6. The molecule has 0 fully saturated rings. The molecular weight excluding hydrogens is 465 g/mol. The van der Waals surface area contributed by atoms with Gasteiger partial charge in [-0.2, -0.15) is 0 Å². The number of rotatable bonds is 9. The minimum Gasteiger partial charge on any atom is -0.488 e. The van der Waals surface area contributed by atoms with Gasteiger partial charge in [0.25, 0.3) is 0 Å². The first-order valence-electron chi connectivity index (χ1n) is 10.0. The van der Waals surface area contributed by atoms with E-state index in [2.05, 4.69) is 10.2 Å². The van der Waals surface area contributed by atoms with Crippen molar-refractivity contribution in [1.29, 1.82) is 0 Å². The zero-order valence-corrected chi connectivity index (χ0v) is 18.9. The molecule has 0 aliphatic heterocycles. The second kappa shape index (κ2) is 11.0. The molecule has 0 saturated carbocycles. The number of ether oxygens (including phenoxy) is 2. The molecule has 0 aliphatic carbocycles. The van der Waals surface area contributed by atoms with Gasteiger partial charge in [0.05, 0.1) is 16.3 Å². The van der Waals surface area contributed by atoms with Crippen LogP contribution in [0.3, 0.4) is 0 Å². The highest BCUT2D eigenvalue weighted by Crippen LogP contribution is 2.29. The maximum Gasteiger partial charge on any atom is 0.316 e.